The Morgan fingerprint density at radius 2 is 1.05 bits per heavy atom. The van der Waals surface area contributed by atoms with Gasteiger partial charge in [0.15, 0.2) is 0 Å². The first-order valence-electron chi connectivity index (χ1n) is 21.8. The van der Waals surface area contributed by atoms with Gasteiger partial charge in [-0.2, -0.15) is 0 Å². The van der Waals surface area contributed by atoms with E-state index in [1.165, 1.54) is 13.8 Å². The summed E-state index contributed by atoms with van der Waals surface area (Å²) in [6, 6.07) is 0. The van der Waals surface area contributed by atoms with E-state index in [4.69, 9.17) is 28.4 Å². The van der Waals surface area contributed by atoms with E-state index >= 15 is 0 Å². The van der Waals surface area contributed by atoms with Crippen LogP contribution < -0.4 is 0 Å². The van der Waals surface area contributed by atoms with E-state index in [1.807, 2.05) is 13.8 Å². The van der Waals surface area contributed by atoms with E-state index in [2.05, 4.69) is 41.5 Å². The number of hydrogen-bond donors (Lipinski definition) is 1. The van der Waals surface area contributed by atoms with Gasteiger partial charge in [0.1, 0.15) is 31.6 Å². The quantitative estimate of drug-likeness (QED) is 0.184. The fourth-order valence-corrected chi connectivity index (χ4v) is 14.2. The summed E-state index contributed by atoms with van der Waals surface area (Å²) in [5.41, 5.74) is -2.37. The second-order valence-corrected chi connectivity index (χ2v) is 20.5. The fraction of sp³-hybridized carbons (Fsp3) is 0.913. The molecule has 0 spiro atoms. The van der Waals surface area contributed by atoms with Gasteiger partial charge in [-0.15, -0.1) is 0 Å². The van der Waals surface area contributed by atoms with Crippen molar-refractivity contribution in [3.05, 3.63) is 0 Å². The Kier molecular flexibility index (Phi) is 13.6. The maximum Gasteiger partial charge on any atom is 0.302 e. The minimum atomic E-state index is -0.855. The third-order valence-corrected chi connectivity index (χ3v) is 17.9. The minimum Gasteiger partial charge on any atom is -0.465 e. The van der Waals surface area contributed by atoms with Crippen LogP contribution in [0.4, 0.5) is 0 Å². The van der Waals surface area contributed by atoms with E-state index in [0.717, 1.165) is 51.4 Å². The lowest BCUT2D eigenvalue weighted by atomic mass is 9.44. The second kappa shape index (κ2) is 16.9. The van der Waals surface area contributed by atoms with E-state index in [0.29, 0.717) is 24.7 Å². The molecule has 0 heterocycles. The zero-order valence-corrected chi connectivity index (χ0v) is 37.5. The van der Waals surface area contributed by atoms with Crippen LogP contribution in [0.2, 0.25) is 0 Å². The van der Waals surface area contributed by atoms with Crippen LogP contribution in [-0.4, -0.2) is 94.4 Å². The first-order valence-corrected chi connectivity index (χ1v) is 21.8. The Morgan fingerprint density at radius 3 is 1.47 bits per heavy atom. The molecular weight excluding hydrogens is 728 g/mol. The molecule has 0 aliphatic heterocycles. The van der Waals surface area contributed by atoms with Gasteiger partial charge in [0.05, 0.1) is 35.2 Å². The molecule has 6 rings (SSSR count). The van der Waals surface area contributed by atoms with E-state index in [-0.39, 0.29) is 107 Å². The summed E-state index contributed by atoms with van der Waals surface area (Å²) in [6.45, 7) is 20.1. The minimum absolute atomic E-state index is 0.0431. The van der Waals surface area contributed by atoms with Crippen molar-refractivity contribution >= 4 is 23.5 Å². The van der Waals surface area contributed by atoms with Crippen molar-refractivity contribution in [3.8, 4) is 0 Å². The van der Waals surface area contributed by atoms with Gasteiger partial charge in [-0.1, -0.05) is 41.5 Å². The Balaban J connectivity index is 0.000000219. The number of ketones is 2. The lowest BCUT2D eigenvalue weighted by molar-refractivity contribution is -0.222. The number of esters is 2. The third kappa shape index (κ3) is 7.48. The highest BCUT2D eigenvalue weighted by Crippen LogP contribution is 2.70. The van der Waals surface area contributed by atoms with Crippen molar-refractivity contribution < 1.29 is 52.7 Å². The Morgan fingerprint density at radius 1 is 0.649 bits per heavy atom. The van der Waals surface area contributed by atoms with Crippen LogP contribution in [0.15, 0.2) is 0 Å². The molecule has 16 atom stereocenters. The first kappa shape index (κ1) is 46.2. The average molecular weight is 805 g/mol. The molecule has 6 aliphatic carbocycles. The molecule has 6 aliphatic rings. The van der Waals surface area contributed by atoms with Crippen LogP contribution in [-0.2, 0) is 47.6 Å². The van der Waals surface area contributed by atoms with Gasteiger partial charge in [0.25, 0.3) is 0 Å². The Bertz CT molecular complexity index is 1500. The standard InChI is InChI=1S/C24H40O6.C22H36O5/c1-15-8-10-24-11-9-18(28-7)20(24)23(15,5)19(30-14-27-6)12-22(4,13-29-17(3)25)21(26)16(24)2;1-13-7-9-22-10-8-16(26-6)18(22)21(13,5)17(24)11-20(4,12-27-15(3)23)19(25)14(22)2/h15-16,18-20H,8-14H2,1-7H3;13-14,16-18,24H,7-12H2,1-6H3/t15-,16+,18-,19-,20?,22+,23+,24?;13-,14+,16-,17-,18?,20+,21+,22?/m11/s1. The molecule has 0 amide bonds. The predicted molar refractivity (Wildman–Crippen MR) is 215 cm³/mol. The molecule has 4 bridgehead atoms. The highest BCUT2D eigenvalue weighted by molar-refractivity contribution is 5.88. The number of methoxy groups -OCH3 is 3. The summed E-state index contributed by atoms with van der Waals surface area (Å²) < 4.78 is 34.2. The number of carbonyl (C=O) groups excluding carboxylic acids is 4. The van der Waals surface area contributed by atoms with Crippen molar-refractivity contribution in [2.45, 2.75) is 158 Å². The molecule has 6 saturated carbocycles. The first-order chi connectivity index (χ1) is 26.6. The number of ether oxygens (including phenoxy) is 6. The normalized spacial score (nSPS) is 47.9. The van der Waals surface area contributed by atoms with Gasteiger partial charge in [0, 0.05) is 57.8 Å². The number of carbonyl (C=O) groups is 4. The number of Topliss-reactive ketones (excluding diaryl/α,β-unsaturated/α-hetero) is 2. The molecule has 0 aromatic rings. The second-order valence-electron chi connectivity index (χ2n) is 20.5. The molecule has 0 radical (unpaired) electrons. The van der Waals surface area contributed by atoms with Crippen LogP contribution in [0, 0.1) is 68.0 Å². The van der Waals surface area contributed by atoms with Crippen LogP contribution in [0.5, 0.6) is 0 Å². The van der Waals surface area contributed by atoms with E-state index < -0.39 is 16.9 Å². The number of aliphatic hydroxyl groups is 1. The van der Waals surface area contributed by atoms with Crippen molar-refractivity contribution in [1.82, 2.24) is 0 Å². The molecule has 0 aromatic carbocycles. The molecular formula is C46H76O11. The highest BCUT2D eigenvalue weighted by atomic mass is 16.7. The summed E-state index contributed by atoms with van der Waals surface area (Å²) >= 11 is 0. The average Bonchev–Trinajstić information content (AvgIpc) is 3.77. The summed E-state index contributed by atoms with van der Waals surface area (Å²) in [5.74, 6) is 0.513. The molecule has 1 N–H and O–H groups in total. The van der Waals surface area contributed by atoms with Gasteiger partial charge in [-0.05, 0) is 113 Å². The number of rotatable bonds is 9. The van der Waals surface area contributed by atoms with Crippen molar-refractivity contribution in [2.24, 2.45) is 68.0 Å². The van der Waals surface area contributed by atoms with Gasteiger partial charge in [-0.3, -0.25) is 19.2 Å². The summed E-state index contributed by atoms with van der Waals surface area (Å²) in [5, 5.41) is 11.5. The summed E-state index contributed by atoms with van der Waals surface area (Å²) in [4.78, 5) is 50.6. The van der Waals surface area contributed by atoms with Crippen LogP contribution >= 0.6 is 0 Å². The van der Waals surface area contributed by atoms with Crippen LogP contribution in [0.25, 0.3) is 0 Å². The molecule has 11 nitrogen and oxygen atoms in total. The third-order valence-electron chi connectivity index (χ3n) is 17.9. The van der Waals surface area contributed by atoms with Gasteiger partial charge < -0.3 is 33.5 Å². The maximum atomic E-state index is 14.0. The maximum absolute atomic E-state index is 14.0. The molecule has 326 valence electrons. The molecule has 6 fully saturated rings. The number of aliphatic hydroxyl groups excluding tert-OH is 1. The Labute approximate surface area is 342 Å². The van der Waals surface area contributed by atoms with E-state index in [9.17, 15) is 24.3 Å². The van der Waals surface area contributed by atoms with Crippen LogP contribution in [0.3, 0.4) is 0 Å². The predicted octanol–water partition coefficient (Wildman–Crippen LogP) is 7.37. The largest absolute Gasteiger partial charge is 0.465 e. The summed E-state index contributed by atoms with van der Waals surface area (Å²) in [7, 11) is 5.18. The molecule has 0 aromatic heterocycles. The lowest BCUT2D eigenvalue weighted by Gasteiger charge is -2.62. The van der Waals surface area contributed by atoms with Crippen molar-refractivity contribution in [2.75, 3.05) is 41.3 Å². The number of hydrogen-bond acceptors (Lipinski definition) is 11. The lowest BCUT2D eigenvalue weighted by Crippen LogP contribution is -2.63. The zero-order chi connectivity index (χ0) is 42.5. The van der Waals surface area contributed by atoms with Gasteiger partial charge >= 0.3 is 11.9 Å². The smallest absolute Gasteiger partial charge is 0.302 e. The molecule has 57 heavy (non-hydrogen) atoms. The Hall–Kier alpha value is -1.92. The van der Waals surface area contributed by atoms with Crippen LogP contribution in [0.1, 0.15) is 133 Å². The fourth-order valence-electron chi connectivity index (χ4n) is 14.2. The van der Waals surface area contributed by atoms with E-state index in [1.54, 1.807) is 21.3 Å². The van der Waals surface area contributed by atoms with Crippen molar-refractivity contribution in [1.29, 1.82) is 0 Å². The summed E-state index contributed by atoms with van der Waals surface area (Å²) in [6.07, 6.45) is 8.22. The van der Waals surface area contributed by atoms with Gasteiger partial charge in [-0.25, -0.2) is 0 Å². The monoisotopic (exact) mass is 805 g/mol. The molecule has 0 saturated heterocycles. The molecule has 11 heteroatoms. The SMILES string of the molecule is COCO[C@@H]1C[C@@](C)(COC(C)=O)C(=O)[C@H](C)C23CC[C@@H](C)[C@]1(C)C2[C@H](OC)CC3.CO[C@@H]1CCC23CC[C@@H](C)[C@](C)(C12)[C@H](O)C[C@@](C)(COC(C)=O)C(=O)[C@@H]3C. The zero-order valence-electron chi connectivity index (χ0n) is 37.5. The van der Waals surface area contributed by atoms with Gasteiger partial charge in [0.2, 0.25) is 0 Å². The topological polar surface area (TPSA) is 144 Å². The highest BCUT2D eigenvalue weighted by Gasteiger charge is 2.70. The van der Waals surface area contributed by atoms with Crippen molar-refractivity contribution in [3.63, 3.8) is 0 Å². The molecule has 4 unspecified atom stereocenters.